The Bertz CT molecular complexity index is 508. The highest BCUT2D eigenvalue weighted by molar-refractivity contribution is 5.69. The number of carbonyl (C=O) groups is 2. The molecule has 4 aliphatic carbocycles. The van der Waals surface area contributed by atoms with Gasteiger partial charge >= 0.3 is 11.9 Å². The molecule has 4 heteroatoms. The van der Waals surface area contributed by atoms with Gasteiger partial charge in [0.25, 0.3) is 0 Å². The fourth-order valence-electron chi connectivity index (χ4n) is 6.92. The molecule has 4 bridgehead atoms. The maximum absolute atomic E-state index is 11.6. The summed E-state index contributed by atoms with van der Waals surface area (Å²) in [6.45, 7) is 0. The van der Waals surface area contributed by atoms with E-state index in [1.807, 2.05) is 0 Å². The summed E-state index contributed by atoms with van der Waals surface area (Å²) in [6.07, 6.45) is 10.4. The molecule has 4 aliphatic rings. The zero-order valence-corrected chi connectivity index (χ0v) is 14.6. The molecular formula is C20H28O4. The largest absolute Gasteiger partial charge is 0.469 e. The number of esters is 2. The second-order valence-corrected chi connectivity index (χ2v) is 8.22. The second-order valence-electron chi connectivity index (χ2n) is 8.22. The van der Waals surface area contributed by atoms with Crippen molar-refractivity contribution in [2.24, 2.45) is 47.3 Å². The van der Waals surface area contributed by atoms with Gasteiger partial charge in [0.15, 0.2) is 0 Å². The number of fused-ring (bicyclic) bond motifs is 9. The minimum Gasteiger partial charge on any atom is -0.469 e. The zero-order chi connectivity index (χ0) is 16.8. The molecule has 0 N–H and O–H groups in total. The molecule has 132 valence electrons. The van der Waals surface area contributed by atoms with E-state index in [9.17, 15) is 9.59 Å². The van der Waals surface area contributed by atoms with Crippen LogP contribution in [-0.4, -0.2) is 26.2 Å². The third-order valence-corrected chi connectivity index (χ3v) is 7.58. The van der Waals surface area contributed by atoms with Gasteiger partial charge in [-0.3, -0.25) is 9.59 Å². The minimum atomic E-state index is -0.103. The summed E-state index contributed by atoms with van der Waals surface area (Å²) in [6, 6.07) is 0. The lowest BCUT2D eigenvalue weighted by atomic mass is 9.63. The first-order valence-corrected chi connectivity index (χ1v) is 9.46. The van der Waals surface area contributed by atoms with Gasteiger partial charge in [0.2, 0.25) is 0 Å². The molecule has 0 radical (unpaired) electrons. The molecular weight excluding hydrogens is 304 g/mol. The van der Waals surface area contributed by atoms with Gasteiger partial charge in [-0.2, -0.15) is 0 Å². The van der Waals surface area contributed by atoms with Crippen LogP contribution < -0.4 is 0 Å². The number of carbonyl (C=O) groups excluding carboxylic acids is 2. The van der Waals surface area contributed by atoms with E-state index >= 15 is 0 Å². The molecule has 0 aliphatic heterocycles. The van der Waals surface area contributed by atoms with Gasteiger partial charge in [-0.05, 0) is 73.0 Å². The van der Waals surface area contributed by atoms with Crippen LogP contribution >= 0.6 is 0 Å². The molecule has 0 aromatic carbocycles. The van der Waals surface area contributed by atoms with Crippen molar-refractivity contribution in [2.45, 2.75) is 38.5 Å². The number of ether oxygens (including phenoxy) is 2. The Kier molecular flexibility index (Phi) is 4.17. The predicted octanol–water partition coefficient (Wildman–Crippen LogP) is 3.21. The summed E-state index contributed by atoms with van der Waals surface area (Å²) < 4.78 is 9.71. The summed E-state index contributed by atoms with van der Waals surface area (Å²) in [5.74, 6) is 5.65. The standard InChI is InChI=1S/C20H28O4/c1-23-17(21)7-5-13-14(6-8-18(22)24-2)16-10-15(13)19-11-3-4-12(9-11)20(16)19/h3-4,11-16,19-20H,5-10H2,1-2H3. The van der Waals surface area contributed by atoms with Gasteiger partial charge in [0.05, 0.1) is 14.2 Å². The Morgan fingerprint density at radius 3 is 1.71 bits per heavy atom. The quantitative estimate of drug-likeness (QED) is 0.426. The average molecular weight is 332 g/mol. The number of methoxy groups -OCH3 is 2. The lowest BCUT2D eigenvalue weighted by molar-refractivity contribution is -0.142. The fraction of sp³-hybridized carbons (Fsp3) is 0.800. The summed E-state index contributed by atoms with van der Waals surface area (Å²) >= 11 is 0. The van der Waals surface area contributed by atoms with Crippen molar-refractivity contribution in [1.29, 1.82) is 0 Å². The Morgan fingerprint density at radius 1 is 0.833 bits per heavy atom. The maximum atomic E-state index is 11.6. The molecule has 0 amide bonds. The predicted molar refractivity (Wildman–Crippen MR) is 88.8 cm³/mol. The van der Waals surface area contributed by atoms with Gasteiger partial charge in [0, 0.05) is 12.8 Å². The van der Waals surface area contributed by atoms with E-state index < -0.39 is 0 Å². The molecule has 24 heavy (non-hydrogen) atoms. The summed E-state index contributed by atoms with van der Waals surface area (Å²) in [5.41, 5.74) is 0. The van der Waals surface area contributed by atoms with Crippen molar-refractivity contribution >= 4 is 11.9 Å². The van der Waals surface area contributed by atoms with Crippen LogP contribution in [0.3, 0.4) is 0 Å². The third kappa shape index (κ3) is 2.41. The van der Waals surface area contributed by atoms with Gasteiger partial charge < -0.3 is 9.47 Å². The van der Waals surface area contributed by atoms with Crippen LogP contribution in [0.5, 0.6) is 0 Å². The van der Waals surface area contributed by atoms with Crippen LogP contribution in [0, 0.1) is 47.3 Å². The van der Waals surface area contributed by atoms with E-state index in [1.165, 1.54) is 27.1 Å². The van der Waals surface area contributed by atoms with Gasteiger partial charge in [0.1, 0.15) is 0 Å². The molecule has 0 aromatic rings. The summed E-state index contributed by atoms with van der Waals surface area (Å²) in [7, 11) is 2.93. The Morgan fingerprint density at radius 2 is 1.29 bits per heavy atom. The molecule has 0 aromatic heterocycles. The van der Waals surface area contributed by atoms with Crippen LogP contribution in [0.4, 0.5) is 0 Å². The van der Waals surface area contributed by atoms with Gasteiger partial charge in [-0.25, -0.2) is 0 Å². The number of hydrogen-bond donors (Lipinski definition) is 0. The highest BCUT2D eigenvalue weighted by Crippen LogP contribution is 2.69. The summed E-state index contributed by atoms with van der Waals surface area (Å²) in [4.78, 5) is 23.3. The number of rotatable bonds is 6. The first kappa shape index (κ1) is 16.2. The highest BCUT2D eigenvalue weighted by atomic mass is 16.5. The van der Waals surface area contributed by atoms with E-state index in [0.717, 1.165) is 48.3 Å². The van der Waals surface area contributed by atoms with Crippen molar-refractivity contribution in [3.63, 3.8) is 0 Å². The van der Waals surface area contributed by atoms with Crippen LogP contribution in [0.25, 0.3) is 0 Å². The minimum absolute atomic E-state index is 0.103. The van der Waals surface area contributed by atoms with Crippen molar-refractivity contribution in [3.8, 4) is 0 Å². The SMILES string of the molecule is COC(=O)CCC1C(CCC(=O)OC)C2CC1C1C3C=CC(C3)C21. The van der Waals surface area contributed by atoms with Crippen LogP contribution in [0.1, 0.15) is 38.5 Å². The van der Waals surface area contributed by atoms with Crippen molar-refractivity contribution in [3.05, 3.63) is 12.2 Å². The lowest BCUT2D eigenvalue weighted by Crippen LogP contribution is -2.37. The molecule has 3 fully saturated rings. The van der Waals surface area contributed by atoms with E-state index in [0.29, 0.717) is 24.7 Å². The number of hydrogen-bond acceptors (Lipinski definition) is 4. The monoisotopic (exact) mass is 332 g/mol. The van der Waals surface area contributed by atoms with E-state index in [-0.39, 0.29) is 11.9 Å². The van der Waals surface area contributed by atoms with E-state index in [1.54, 1.807) is 0 Å². The molecule has 0 spiro atoms. The van der Waals surface area contributed by atoms with Crippen molar-refractivity contribution in [2.75, 3.05) is 14.2 Å². The van der Waals surface area contributed by atoms with Crippen LogP contribution in [0.2, 0.25) is 0 Å². The smallest absolute Gasteiger partial charge is 0.305 e. The third-order valence-electron chi connectivity index (χ3n) is 7.58. The van der Waals surface area contributed by atoms with Crippen LogP contribution in [0.15, 0.2) is 12.2 Å². The first-order chi connectivity index (χ1) is 11.6. The molecule has 0 saturated heterocycles. The maximum Gasteiger partial charge on any atom is 0.305 e. The highest BCUT2D eigenvalue weighted by Gasteiger charge is 2.63. The van der Waals surface area contributed by atoms with E-state index in [2.05, 4.69) is 12.2 Å². The number of allylic oxidation sites excluding steroid dienone is 2. The average Bonchev–Trinajstić information content (AvgIpc) is 3.35. The first-order valence-electron chi connectivity index (χ1n) is 9.46. The topological polar surface area (TPSA) is 52.6 Å². The molecule has 4 nitrogen and oxygen atoms in total. The van der Waals surface area contributed by atoms with Gasteiger partial charge in [-0.15, -0.1) is 0 Å². The summed E-state index contributed by atoms with van der Waals surface area (Å²) in [5, 5.41) is 0. The van der Waals surface area contributed by atoms with Gasteiger partial charge in [-0.1, -0.05) is 12.2 Å². The Hall–Kier alpha value is -1.32. The fourth-order valence-corrected chi connectivity index (χ4v) is 6.92. The molecule has 8 unspecified atom stereocenters. The molecule has 0 heterocycles. The Labute approximate surface area is 144 Å². The van der Waals surface area contributed by atoms with Crippen LogP contribution in [-0.2, 0) is 19.1 Å². The molecule has 4 rings (SSSR count). The second kappa shape index (κ2) is 6.20. The zero-order valence-electron chi connectivity index (χ0n) is 14.6. The Balaban J connectivity index is 1.50. The molecule has 3 saturated carbocycles. The van der Waals surface area contributed by atoms with E-state index in [4.69, 9.17) is 9.47 Å². The normalized spacial score (nSPS) is 43.9. The van der Waals surface area contributed by atoms with Crippen molar-refractivity contribution in [1.82, 2.24) is 0 Å². The van der Waals surface area contributed by atoms with Crippen molar-refractivity contribution < 1.29 is 19.1 Å². The molecule has 8 atom stereocenters. The lowest BCUT2D eigenvalue weighted by Gasteiger charge is -2.42.